The van der Waals surface area contributed by atoms with Gasteiger partial charge in [-0.25, -0.2) is 0 Å². The molecule has 0 spiro atoms. The molecule has 0 N–H and O–H groups in total. The first-order chi connectivity index (χ1) is 10.8. The number of ketones is 1. The van der Waals surface area contributed by atoms with Gasteiger partial charge in [-0.3, -0.25) is 14.2 Å². The first-order valence-corrected chi connectivity index (χ1v) is 7.43. The molecular formula is C17H15FN2O2. The fourth-order valence-corrected chi connectivity index (χ4v) is 3.17. The summed E-state index contributed by atoms with van der Waals surface area (Å²) in [4.78, 5) is 16.6. The first-order valence-electron chi connectivity index (χ1n) is 7.43. The molecule has 0 fully saturated rings. The van der Waals surface area contributed by atoms with Gasteiger partial charge >= 0.3 is 0 Å². The zero-order valence-electron chi connectivity index (χ0n) is 12.0. The molecule has 1 aromatic carbocycles. The van der Waals surface area contributed by atoms with Gasteiger partial charge in [0.2, 0.25) is 0 Å². The molecule has 2 aromatic heterocycles. The second-order valence-corrected chi connectivity index (χ2v) is 5.42. The van der Waals surface area contributed by atoms with Crippen LogP contribution in [0.25, 0.3) is 21.9 Å². The first kappa shape index (κ1) is 13.2. The number of aromatic nitrogens is 2. The number of Topliss-reactive ketones (excluding diaryl/α,β-unsaturated/α-hetero) is 1. The Hall–Kier alpha value is -2.43. The summed E-state index contributed by atoms with van der Waals surface area (Å²) in [6, 6.07) is 7.56. The van der Waals surface area contributed by atoms with Crippen LogP contribution < -0.4 is 4.74 Å². The number of aryl methyl sites for hydroxylation is 1. The average Bonchev–Trinajstić information content (AvgIpc) is 2.87. The van der Waals surface area contributed by atoms with Crippen LogP contribution in [0.15, 0.2) is 30.5 Å². The number of nitrogens with zero attached hydrogens (tertiary/aromatic N) is 2. The number of hydrogen-bond acceptors (Lipinski definition) is 3. The van der Waals surface area contributed by atoms with Gasteiger partial charge in [-0.2, -0.15) is 0 Å². The van der Waals surface area contributed by atoms with Crippen LogP contribution in [0.3, 0.4) is 0 Å². The third-order valence-electron chi connectivity index (χ3n) is 4.13. The second-order valence-electron chi connectivity index (χ2n) is 5.42. The quantitative estimate of drug-likeness (QED) is 0.743. The molecule has 0 atom stereocenters. The maximum absolute atomic E-state index is 12.6. The molecule has 0 aliphatic carbocycles. The standard InChI is InChI=1S/C17H15FN2O2/c18-7-2-9-20-12-5-4-11-14(21)6-10-22-17(11)15(12)16-13(20)3-1-8-19-16/h1,3-5,8H,2,6-7,9-10H2. The third-order valence-corrected chi connectivity index (χ3v) is 4.13. The molecule has 0 amide bonds. The van der Waals surface area contributed by atoms with Gasteiger partial charge in [0, 0.05) is 19.2 Å². The van der Waals surface area contributed by atoms with Crippen LogP contribution in [-0.2, 0) is 6.54 Å². The van der Waals surface area contributed by atoms with Gasteiger partial charge in [-0.1, -0.05) is 0 Å². The van der Waals surface area contributed by atoms with Crippen molar-refractivity contribution in [2.75, 3.05) is 13.3 Å². The number of hydrogen-bond donors (Lipinski definition) is 0. The highest BCUT2D eigenvalue weighted by Crippen LogP contribution is 2.39. The zero-order chi connectivity index (χ0) is 15.1. The third kappa shape index (κ3) is 1.81. The van der Waals surface area contributed by atoms with Crippen LogP contribution >= 0.6 is 0 Å². The summed E-state index contributed by atoms with van der Waals surface area (Å²) < 4.78 is 20.5. The molecule has 4 nitrogen and oxygen atoms in total. The number of fused-ring (bicyclic) bond motifs is 5. The molecule has 1 aliphatic heterocycles. The Bertz CT molecular complexity index is 885. The van der Waals surface area contributed by atoms with Gasteiger partial charge in [0.05, 0.1) is 40.8 Å². The van der Waals surface area contributed by atoms with Crippen LogP contribution in [-0.4, -0.2) is 28.6 Å². The molecule has 3 aromatic rings. The summed E-state index contributed by atoms with van der Waals surface area (Å²) in [6.07, 6.45) is 2.59. The van der Waals surface area contributed by atoms with Crippen molar-refractivity contribution in [2.24, 2.45) is 0 Å². The number of benzene rings is 1. The predicted molar refractivity (Wildman–Crippen MR) is 82.3 cm³/mol. The van der Waals surface area contributed by atoms with E-state index in [0.29, 0.717) is 37.3 Å². The van der Waals surface area contributed by atoms with Crippen LogP contribution in [0.5, 0.6) is 5.75 Å². The van der Waals surface area contributed by atoms with Gasteiger partial charge in [-0.15, -0.1) is 0 Å². The summed E-state index contributed by atoms with van der Waals surface area (Å²) in [5.41, 5.74) is 3.31. The van der Waals surface area contributed by atoms with Crippen LogP contribution in [0.4, 0.5) is 4.39 Å². The average molecular weight is 298 g/mol. The van der Waals surface area contributed by atoms with E-state index in [1.54, 1.807) is 6.20 Å². The number of alkyl halides is 1. The molecule has 0 bridgehead atoms. The highest BCUT2D eigenvalue weighted by molar-refractivity contribution is 6.14. The van der Waals surface area contributed by atoms with Crippen LogP contribution in [0, 0.1) is 0 Å². The fourth-order valence-electron chi connectivity index (χ4n) is 3.17. The van der Waals surface area contributed by atoms with Crippen molar-refractivity contribution in [3.8, 4) is 5.75 Å². The van der Waals surface area contributed by atoms with Crippen molar-refractivity contribution in [2.45, 2.75) is 19.4 Å². The molecule has 4 rings (SSSR count). The summed E-state index contributed by atoms with van der Waals surface area (Å²) in [5, 5.41) is 0.861. The van der Waals surface area contributed by atoms with E-state index in [1.165, 1.54) is 0 Å². The van der Waals surface area contributed by atoms with E-state index in [-0.39, 0.29) is 12.5 Å². The van der Waals surface area contributed by atoms with Gasteiger partial charge in [0.25, 0.3) is 0 Å². The Labute approximate surface area is 126 Å². The number of halogens is 1. The predicted octanol–water partition coefficient (Wildman–Crippen LogP) is 3.51. The minimum atomic E-state index is -0.360. The molecule has 1 aliphatic rings. The van der Waals surface area contributed by atoms with Crippen molar-refractivity contribution < 1.29 is 13.9 Å². The zero-order valence-corrected chi connectivity index (χ0v) is 12.0. The smallest absolute Gasteiger partial charge is 0.170 e. The Balaban J connectivity index is 2.09. The van der Waals surface area contributed by atoms with Crippen molar-refractivity contribution in [1.82, 2.24) is 9.55 Å². The topological polar surface area (TPSA) is 44.1 Å². The lowest BCUT2D eigenvalue weighted by Crippen LogP contribution is -2.15. The second kappa shape index (κ2) is 5.09. The van der Waals surface area contributed by atoms with Gasteiger partial charge in [0.1, 0.15) is 5.75 Å². The van der Waals surface area contributed by atoms with Crippen molar-refractivity contribution >= 4 is 27.7 Å². The number of pyridine rings is 1. The van der Waals surface area contributed by atoms with E-state index >= 15 is 0 Å². The number of carbonyl (C=O) groups excluding carboxylic acids is 1. The molecule has 5 heteroatoms. The summed E-state index contributed by atoms with van der Waals surface area (Å²) in [5.74, 6) is 0.722. The van der Waals surface area contributed by atoms with Gasteiger partial charge in [0.15, 0.2) is 5.78 Å². The van der Waals surface area contributed by atoms with E-state index in [2.05, 4.69) is 9.55 Å². The van der Waals surface area contributed by atoms with E-state index in [0.717, 1.165) is 21.9 Å². The Morgan fingerprint density at radius 3 is 3.05 bits per heavy atom. The molecule has 112 valence electrons. The van der Waals surface area contributed by atoms with Crippen molar-refractivity contribution in [3.05, 3.63) is 36.0 Å². The SMILES string of the molecule is O=C1CCOc2c1ccc1c2c2ncccc2n1CCCF. The Morgan fingerprint density at radius 2 is 2.18 bits per heavy atom. The lowest BCUT2D eigenvalue weighted by molar-refractivity contribution is 0.0935. The molecule has 0 saturated heterocycles. The van der Waals surface area contributed by atoms with Crippen molar-refractivity contribution in [1.29, 1.82) is 0 Å². The van der Waals surface area contributed by atoms with E-state index in [9.17, 15) is 9.18 Å². The fraction of sp³-hybridized carbons (Fsp3) is 0.294. The maximum Gasteiger partial charge on any atom is 0.170 e. The molecule has 0 unspecified atom stereocenters. The monoisotopic (exact) mass is 298 g/mol. The molecule has 3 heterocycles. The molecule has 0 radical (unpaired) electrons. The lowest BCUT2D eigenvalue weighted by Gasteiger charge is -2.17. The summed E-state index contributed by atoms with van der Waals surface area (Å²) in [7, 11) is 0. The van der Waals surface area contributed by atoms with Gasteiger partial charge < -0.3 is 9.30 Å². The highest BCUT2D eigenvalue weighted by atomic mass is 19.1. The minimum absolute atomic E-state index is 0.101. The van der Waals surface area contributed by atoms with E-state index in [1.807, 2.05) is 24.3 Å². The Kier molecular flexibility index (Phi) is 3.06. The largest absolute Gasteiger partial charge is 0.492 e. The van der Waals surface area contributed by atoms with Gasteiger partial charge in [-0.05, 0) is 30.7 Å². The maximum atomic E-state index is 12.6. The minimum Gasteiger partial charge on any atom is -0.492 e. The highest BCUT2D eigenvalue weighted by Gasteiger charge is 2.24. The summed E-state index contributed by atoms with van der Waals surface area (Å²) >= 11 is 0. The number of ether oxygens (including phenoxy) is 1. The van der Waals surface area contributed by atoms with Crippen molar-refractivity contribution in [3.63, 3.8) is 0 Å². The molecular weight excluding hydrogens is 283 g/mol. The lowest BCUT2D eigenvalue weighted by atomic mass is 10.0. The van der Waals surface area contributed by atoms with E-state index in [4.69, 9.17) is 4.74 Å². The molecule has 22 heavy (non-hydrogen) atoms. The normalized spacial score (nSPS) is 14.3. The van der Waals surface area contributed by atoms with Crippen LogP contribution in [0.2, 0.25) is 0 Å². The Morgan fingerprint density at radius 1 is 1.27 bits per heavy atom. The number of rotatable bonds is 3. The van der Waals surface area contributed by atoms with Crippen LogP contribution in [0.1, 0.15) is 23.2 Å². The van der Waals surface area contributed by atoms with E-state index < -0.39 is 0 Å². The molecule has 0 saturated carbocycles. The summed E-state index contributed by atoms with van der Waals surface area (Å²) in [6.45, 7) is 0.616. The number of carbonyl (C=O) groups is 1.